The molecular weight excluding hydrogens is 352 g/mol. The lowest BCUT2D eigenvalue weighted by atomic mass is 10.1. The summed E-state index contributed by atoms with van der Waals surface area (Å²) in [7, 11) is 0. The number of benzene rings is 1. The van der Waals surface area contributed by atoms with Crippen molar-refractivity contribution in [2.24, 2.45) is 0 Å². The molecule has 8 heteroatoms. The lowest BCUT2D eigenvalue weighted by Crippen LogP contribution is -2.06. The Morgan fingerprint density at radius 1 is 1.14 bits per heavy atom. The van der Waals surface area contributed by atoms with Gasteiger partial charge in [-0.25, -0.2) is 9.67 Å². The third kappa shape index (κ3) is 3.10. The van der Waals surface area contributed by atoms with Gasteiger partial charge in [0, 0.05) is 11.9 Å². The van der Waals surface area contributed by atoms with Crippen LogP contribution in [0.1, 0.15) is 23.6 Å². The molecule has 0 atom stereocenters. The van der Waals surface area contributed by atoms with E-state index in [-0.39, 0.29) is 5.95 Å². The molecule has 0 aliphatic heterocycles. The summed E-state index contributed by atoms with van der Waals surface area (Å²) < 4.78 is 1.77. The number of nitrogens with two attached hydrogens (primary N) is 2. The minimum atomic E-state index is 0.125. The fraction of sp³-hybridized carbons (Fsp3) is 0.150. The Labute approximate surface area is 161 Å². The highest BCUT2D eigenvalue weighted by atomic mass is 15.3. The Balaban J connectivity index is 1.80. The van der Waals surface area contributed by atoms with E-state index in [1.54, 1.807) is 29.2 Å². The van der Waals surface area contributed by atoms with Crippen molar-refractivity contribution in [3.05, 3.63) is 59.4 Å². The molecule has 4 N–H and O–H groups in total. The predicted molar refractivity (Wildman–Crippen MR) is 107 cm³/mol. The van der Waals surface area contributed by atoms with Crippen LogP contribution in [0.25, 0.3) is 22.4 Å². The van der Waals surface area contributed by atoms with Crippen molar-refractivity contribution in [1.29, 1.82) is 5.26 Å². The van der Waals surface area contributed by atoms with Crippen molar-refractivity contribution in [2.45, 2.75) is 19.9 Å². The standard InChI is InChI=1S/C20H18N8/c1-2-14-7-13(3-4-16(14)22)11-28-19-15(10-25-28)18(26-20(23)27-19)17-8-12(9-21)5-6-24-17/h3-8,10H,2,11,22H2,1H3,(H2,23,26,27). The third-order valence-electron chi connectivity index (χ3n) is 4.57. The van der Waals surface area contributed by atoms with Gasteiger partial charge < -0.3 is 11.5 Å². The van der Waals surface area contributed by atoms with E-state index in [2.05, 4.69) is 39.1 Å². The van der Waals surface area contributed by atoms with Crippen LogP contribution in [0.2, 0.25) is 0 Å². The molecule has 3 heterocycles. The molecule has 1 aromatic carbocycles. The van der Waals surface area contributed by atoms with E-state index in [4.69, 9.17) is 16.7 Å². The van der Waals surface area contributed by atoms with Crippen LogP contribution in [0.15, 0.2) is 42.7 Å². The number of aromatic nitrogens is 5. The molecule has 138 valence electrons. The van der Waals surface area contributed by atoms with Gasteiger partial charge in [-0.1, -0.05) is 19.1 Å². The zero-order valence-electron chi connectivity index (χ0n) is 15.3. The Kier molecular flexibility index (Phi) is 4.33. The van der Waals surface area contributed by atoms with E-state index in [0.29, 0.717) is 29.1 Å². The van der Waals surface area contributed by atoms with Crippen molar-refractivity contribution in [3.63, 3.8) is 0 Å². The number of fused-ring (bicyclic) bond motifs is 1. The summed E-state index contributed by atoms with van der Waals surface area (Å²) in [6, 6.07) is 11.4. The van der Waals surface area contributed by atoms with E-state index in [0.717, 1.165) is 28.6 Å². The first-order chi connectivity index (χ1) is 13.6. The van der Waals surface area contributed by atoms with Crippen molar-refractivity contribution < 1.29 is 0 Å². The molecule has 0 spiro atoms. The highest BCUT2D eigenvalue weighted by Gasteiger charge is 2.15. The molecule has 28 heavy (non-hydrogen) atoms. The maximum absolute atomic E-state index is 9.15. The lowest BCUT2D eigenvalue weighted by molar-refractivity contribution is 0.703. The van der Waals surface area contributed by atoms with Gasteiger partial charge in [-0.3, -0.25) is 4.98 Å². The van der Waals surface area contributed by atoms with E-state index in [1.165, 1.54) is 0 Å². The summed E-state index contributed by atoms with van der Waals surface area (Å²) in [4.78, 5) is 13.0. The molecule has 0 saturated carbocycles. The van der Waals surface area contributed by atoms with Gasteiger partial charge in [0.2, 0.25) is 5.95 Å². The zero-order valence-corrected chi connectivity index (χ0v) is 15.3. The minimum Gasteiger partial charge on any atom is -0.399 e. The first-order valence-corrected chi connectivity index (χ1v) is 8.82. The maximum Gasteiger partial charge on any atom is 0.222 e. The van der Waals surface area contributed by atoms with Crippen LogP contribution in [0.5, 0.6) is 0 Å². The summed E-state index contributed by atoms with van der Waals surface area (Å²) in [6.07, 6.45) is 4.13. The van der Waals surface area contributed by atoms with Crippen molar-refractivity contribution in [2.75, 3.05) is 11.5 Å². The maximum atomic E-state index is 9.15. The first kappa shape index (κ1) is 17.4. The number of rotatable bonds is 4. The monoisotopic (exact) mass is 370 g/mol. The Morgan fingerprint density at radius 3 is 2.79 bits per heavy atom. The summed E-state index contributed by atoms with van der Waals surface area (Å²) in [5.74, 6) is 0.125. The average Bonchev–Trinajstić information content (AvgIpc) is 3.11. The normalized spacial score (nSPS) is 10.9. The number of hydrogen-bond donors (Lipinski definition) is 2. The van der Waals surface area contributed by atoms with Gasteiger partial charge in [0.25, 0.3) is 0 Å². The molecular formula is C20H18N8. The first-order valence-electron chi connectivity index (χ1n) is 8.82. The Morgan fingerprint density at radius 2 is 2.00 bits per heavy atom. The smallest absolute Gasteiger partial charge is 0.222 e. The summed E-state index contributed by atoms with van der Waals surface area (Å²) >= 11 is 0. The van der Waals surface area contributed by atoms with Crippen LogP contribution in [-0.2, 0) is 13.0 Å². The van der Waals surface area contributed by atoms with Gasteiger partial charge in [0.05, 0.1) is 35.5 Å². The van der Waals surface area contributed by atoms with Crippen LogP contribution in [0, 0.1) is 11.3 Å². The molecule has 0 aliphatic rings. The molecule has 0 aliphatic carbocycles. The van der Waals surface area contributed by atoms with Gasteiger partial charge in [0.15, 0.2) is 5.65 Å². The zero-order chi connectivity index (χ0) is 19.7. The number of hydrogen-bond acceptors (Lipinski definition) is 7. The van der Waals surface area contributed by atoms with Crippen LogP contribution in [0.3, 0.4) is 0 Å². The molecule has 0 unspecified atom stereocenters. The molecule has 0 fully saturated rings. The fourth-order valence-corrected chi connectivity index (χ4v) is 3.15. The number of anilines is 2. The second-order valence-electron chi connectivity index (χ2n) is 6.40. The predicted octanol–water partition coefficient (Wildman–Crippen LogP) is 2.54. The van der Waals surface area contributed by atoms with Gasteiger partial charge >= 0.3 is 0 Å². The summed E-state index contributed by atoms with van der Waals surface area (Å²) in [6.45, 7) is 2.60. The molecule has 0 saturated heterocycles. The van der Waals surface area contributed by atoms with Crippen LogP contribution in [-0.4, -0.2) is 24.7 Å². The second kappa shape index (κ2) is 6.96. The summed E-state index contributed by atoms with van der Waals surface area (Å²) in [5, 5.41) is 14.3. The van der Waals surface area contributed by atoms with Crippen molar-refractivity contribution in [3.8, 4) is 17.5 Å². The van der Waals surface area contributed by atoms with Crippen molar-refractivity contribution >= 4 is 22.7 Å². The second-order valence-corrected chi connectivity index (χ2v) is 6.40. The van der Waals surface area contributed by atoms with E-state index >= 15 is 0 Å². The quantitative estimate of drug-likeness (QED) is 0.527. The topological polar surface area (TPSA) is 132 Å². The van der Waals surface area contributed by atoms with Crippen LogP contribution >= 0.6 is 0 Å². The molecule has 0 bridgehead atoms. The molecule has 3 aromatic heterocycles. The van der Waals surface area contributed by atoms with Gasteiger partial charge in [-0.05, 0) is 35.7 Å². The highest BCUT2D eigenvalue weighted by molar-refractivity contribution is 5.90. The number of aryl methyl sites for hydroxylation is 1. The average molecular weight is 370 g/mol. The van der Waals surface area contributed by atoms with Gasteiger partial charge in [-0.2, -0.15) is 15.3 Å². The van der Waals surface area contributed by atoms with E-state index in [9.17, 15) is 0 Å². The molecule has 0 radical (unpaired) electrons. The van der Waals surface area contributed by atoms with Crippen molar-refractivity contribution in [1.82, 2.24) is 24.7 Å². The fourth-order valence-electron chi connectivity index (χ4n) is 3.15. The lowest BCUT2D eigenvalue weighted by Gasteiger charge is -2.09. The number of nitriles is 1. The Bertz CT molecular complexity index is 1220. The largest absolute Gasteiger partial charge is 0.399 e. The number of nitrogens with zero attached hydrogens (tertiary/aromatic N) is 6. The SMILES string of the molecule is CCc1cc(Cn2ncc3c(-c4cc(C#N)ccn4)nc(N)nc32)ccc1N. The number of nitrogen functional groups attached to an aromatic ring is 2. The minimum absolute atomic E-state index is 0.125. The summed E-state index contributed by atoms with van der Waals surface area (Å²) in [5.41, 5.74) is 17.1. The number of pyridine rings is 1. The Hall–Kier alpha value is -3.99. The van der Waals surface area contributed by atoms with E-state index in [1.807, 2.05) is 12.1 Å². The molecule has 8 nitrogen and oxygen atoms in total. The molecule has 4 rings (SSSR count). The molecule has 4 aromatic rings. The van der Waals surface area contributed by atoms with E-state index < -0.39 is 0 Å². The van der Waals surface area contributed by atoms with Gasteiger partial charge in [0.1, 0.15) is 5.69 Å². The van der Waals surface area contributed by atoms with Crippen LogP contribution < -0.4 is 11.5 Å². The van der Waals surface area contributed by atoms with Crippen LogP contribution in [0.4, 0.5) is 11.6 Å². The highest BCUT2D eigenvalue weighted by Crippen LogP contribution is 2.26. The van der Waals surface area contributed by atoms with Gasteiger partial charge in [-0.15, -0.1) is 0 Å². The molecule has 0 amide bonds. The third-order valence-corrected chi connectivity index (χ3v) is 4.57.